The molecular weight excluding hydrogens is 374 g/mol. The van der Waals surface area contributed by atoms with Gasteiger partial charge in [0.15, 0.2) is 17.4 Å². The molecule has 0 fully saturated rings. The molecule has 0 unspecified atom stereocenters. The zero-order chi connectivity index (χ0) is 20.8. The van der Waals surface area contributed by atoms with Crippen molar-refractivity contribution >= 4 is 11.7 Å². The van der Waals surface area contributed by atoms with Gasteiger partial charge in [-0.05, 0) is 18.2 Å². The van der Waals surface area contributed by atoms with Crippen LogP contribution in [-0.4, -0.2) is 38.2 Å². The van der Waals surface area contributed by atoms with E-state index in [-0.39, 0.29) is 11.7 Å². The van der Waals surface area contributed by atoms with Crippen LogP contribution < -0.4 is 16.2 Å². The van der Waals surface area contributed by atoms with Gasteiger partial charge in [-0.25, -0.2) is 0 Å². The molecule has 9 heteroatoms. The molecule has 0 saturated carbocycles. The molecule has 0 aliphatic heterocycles. The van der Waals surface area contributed by atoms with Crippen LogP contribution in [0, 0.1) is 0 Å². The molecule has 1 heterocycles. The van der Waals surface area contributed by atoms with Crippen LogP contribution in [0.4, 0.5) is 0 Å². The molecule has 0 spiro atoms. The number of oxime groups is 2. The number of hydrogen-bond donors (Lipinski definition) is 2. The van der Waals surface area contributed by atoms with E-state index < -0.39 is 0 Å². The van der Waals surface area contributed by atoms with Gasteiger partial charge in [-0.1, -0.05) is 39.7 Å². The van der Waals surface area contributed by atoms with Gasteiger partial charge in [-0.3, -0.25) is 0 Å². The average Bonchev–Trinajstić information content (AvgIpc) is 3.24. The molecule has 1 aromatic heterocycles. The monoisotopic (exact) mass is 395 g/mol. The van der Waals surface area contributed by atoms with Gasteiger partial charge in [0, 0.05) is 22.8 Å². The Morgan fingerprint density at radius 1 is 0.897 bits per heavy atom. The Morgan fingerprint density at radius 3 is 2.24 bits per heavy atom. The van der Waals surface area contributed by atoms with E-state index in [1.807, 2.05) is 36.4 Å². The summed E-state index contributed by atoms with van der Waals surface area (Å²) in [7, 11) is 4.43. The smallest absolute Gasteiger partial charge is 0.171 e. The molecule has 3 aromatic rings. The first kappa shape index (κ1) is 19.7. The van der Waals surface area contributed by atoms with Crippen LogP contribution in [0.2, 0.25) is 0 Å². The molecule has 0 aliphatic carbocycles. The number of aromatic nitrogens is 1. The topological polar surface area (TPSA) is 130 Å². The molecule has 0 aliphatic rings. The van der Waals surface area contributed by atoms with Crippen LogP contribution in [-0.2, 0) is 9.68 Å². The van der Waals surface area contributed by atoms with Gasteiger partial charge in [0.05, 0.1) is 12.7 Å². The summed E-state index contributed by atoms with van der Waals surface area (Å²) in [6.45, 7) is 0. The molecule has 150 valence electrons. The van der Waals surface area contributed by atoms with Crippen molar-refractivity contribution in [2.75, 3.05) is 21.3 Å². The van der Waals surface area contributed by atoms with E-state index in [0.717, 1.165) is 11.1 Å². The second kappa shape index (κ2) is 8.79. The number of hydrogen-bond acceptors (Lipinski definition) is 7. The molecule has 0 radical (unpaired) electrons. The standard InChI is InChI=1S/C20H21N5O4/c1-26-17-10-14(20(22)25-28-3)7-8-15(17)18-11-16(23-29-18)12-5-4-6-13(9-12)19(21)24-27-2/h4-11H,1-3H3,(H2,21,24)(H2,22,25). The van der Waals surface area contributed by atoms with Crippen molar-refractivity contribution < 1.29 is 18.9 Å². The van der Waals surface area contributed by atoms with Gasteiger partial charge in [0.2, 0.25) is 0 Å². The minimum absolute atomic E-state index is 0.239. The van der Waals surface area contributed by atoms with E-state index in [2.05, 4.69) is 15.5 Å². The van der Waals surface area contributed by atoms with Crippen LogP contribution in [0.15, 0.2) is 63.4 Å². The van der Waals surface area contributed by atoms with Gasteiger partial charge in [0.1, 0.15) is 25.7 Å². The number of ether oxygens (including phenoxy) is 1. The summed E-state index contributed by atoms with van der Waals surface area (Å²) in [5.41, 5.74) is 15.3. The summed E-state index contributed by atoms with van der Waals surface area (Å²) in [5, 5.41) is 11.6. The Bertz CT molecular complexity index is 1060. The number of benzene rings is 2. The number of nitrogens with zero attached hydrogens (tertiary/aromatic N) is 3. The Kier molecular flexibility index (Phi) is 5.98. The molecule has 0 amide bonds. The number of methoxy groups -OCH3 is 1. The van der Waals surface area contributed by atoms with Crippen LogP contribution in [0.5, 0.6) is 5.75 Å². The lowest BCUT2D eigenvalue weighted by atomic mass is 10.0. The minimum Gasteiger partial charge on any atom is -0.496 e. The number of nitrogens with two attached hydrogens (primary N) is 2. The van der Waals surface area contributed by atoms with Crippen LogP contribution in [0.3, 0.4) is 0 Å². The van der Waals surface area contributed by atoms with Crippen LogP contribution in [0.1, 0.15) is 11.1 Å². The molecule has 4 N–H and O–H groups in total. The highest BCUT2D eigenvalue weighted by Crippen LogP contribution is 2.33. The zero-order valence-corrected chi connectivity index (χ0v) is 16.2. The van der Waals surface area contributed by atoms with E-state index in [0.29, 0.717) is 28.3 Å². The van der Waals surface area contributed by atoms with Gasteiger partial charge in [-0.15, -0.1) is 0 Å². The molecule has 3 rings (SSSR count). The molecule has 0 saturated heterocycles. The molecule has 29 heavy (non-hydrogen) atoms. The predicted molar refractivity (Wildman–Crippen MR) is 109 cm³/mol. The maximum absolute atomic E-state index is 5.88. The molecule has 0 bridgehead atoms. The van der Waals surface area contributed by atoms with Crippen molar-refractivity contribution in [2.24, 2.45) is 21.8 Å². The van der Waals surface area contributed by atoms with E-state index in [1.54, 1.807) is 19.2 Å². The third-order valence-corrected chi connectivity index (χ3v) is 4.11. The average molecular weight is 395 g/mol. The Hall–Kier alpha value is -4.01. The molecule has 2 aromatic carbocycles. The van der Waals surface area contributed by atoms with Gasteiger partial charge < -0.3 is 30.4 Å². The largest absolute Gasteiger partial charge is 0.496 e. The quantitative estimate of drug-likeness (QED) is 0.357. The Balaban J connectivity index is 1.95. The fraction of sp³-hybridized carbons (Fsp3) is 0.150. The van der Waals surface area contributed by atoms with Crippen molar-refractivity contribution in [1.29, 1.82) is 0 Å². The maximum atomic E-state index is 5.88. The summed E-state index contributed by atoms with van der Waals surface area (Å²) < 4.78 is 11.0. The van der Waals surface area contributed by atoms with Gasteiger partial charge in [0.25, 0.3) is 0 Å². The zero-order valence-electron chi connectivity index (χ0n) is 16.2. The highest BCUT2D eigenvalue weighted by atomic mass is 16.6. The van der Waals surface area contributed by atoms with Gasteiger partial charge >= 0.3 is 0 Å². The third-order valence-electron chi connectivity index (χ3n) is 4.11. The van der Waals surface area contributed by atoms with Crippen molar-refractivity contribution in [3.63, 3.8) is 0 Å². The van der Waals surface area contributed by atoms with Crippen molar-refractivity contribution in [2.45, 2.75) is 0 Å². The first-order valence-corrected chi connectivity index (χ1v) is 8.57. The van der Waals surface area contributed by atoms with Gasteiger partial charge in [-0.2, -0.15) is 0 Å². The van der Waals surface area contributed by atoms with E-state index in [1.165, 1.54) is 14.2 Å². The van der Waals surface area contributed by atoms with Crippen molar-refractivity contribution in [3.05, 3.63) is 59.7 Å². The van der Waals surface area contributed by atoms with E-state index in [4.69, 9.17) is 30.4 Å². The predicted octanol–water partition coefficient (Wildman–Crippen LogP) is 2.55. The minimum atomic E-state index is 0.239. The lowest BCUT2D eigenvalue weighted by Crippen LogP contribution is -2.13. The summed E-state index contributed by atoms with van der Waals surface area (Å²) in [5.74, 6) is 1.60. The number of amidine groups is 2. The van der Waals surface area contributed by atoms with E-state index >= 15 is 0 Å². The highest BCUT2D eigenvalue weighted by Gasteiger charge is 2.15. The summed E-state index contributed by atoms with van der Waals surface area (Å²) in [4.78, 5) is 9.43. The Labute approximate surface area is 167 Å². The summed E-state index contributed by atoms with van der Waals surface area (Å²) in [6, 6.07) is 14.6. The third kappa shape index (κ3) is 4.29. The molecule has 9 nitrogen and oxygen atoms in total. The van der Waals surface area contributed by atoms with Crippen molar-refractivity contribution in [3.8, 4) is 28.3 Å². The van der Waals surface area contributed by atoms with E-state index in [9.17, 15) is 0 Å². The normalized spacial score (nSPS) is 12.0. The Morgan fingerprint density at radius 2 is 1.59 bits per heavy atom. The number of rotatable bonds is 7. The molecular formula is C20H21N5O4. The second-order valence-electron chi connectivity index (χ2n) is 5.89. The highest BCUT2D eigenvalue weighted by molar-refractivity contribution is 5.98. The molecule has 0 atom stereocenters. The fourth-order valence-electron chi connectivity index (χ4n) is 2.73. The van der Waals surface area contributed by atoms with Crippen molar-refractivity contribution in [1.82, 2.24) is 5.16 Å². The summed E-state index contributed by atoms with van der Waals surface area (Å²) >= 11 is 0. The second-order valence-corrected chi connectivity index (χ2v) is 5.89. The SMILES string of the molecule is CO/N=C(\N)c1cccc(-c2cc(-c3ccc(/C(N)=N/OC)cc3OC)on2)c1. The summed E-state index contributed by atoms with van der Waals surface area (Å²) in [6.07, 6.45) is 0. The maximum Gasteiger partial charge on any atom is 0.171 e. The lowest BCUT2D eigenvalue weighted by molar-refractivity contribution is 0.213. The fourth-order valence-corrected chi connectivity index (χ4v) is 2.73. The first-order valence-electron chi connectivity index (χ1n) is 8.57. The van der Waals surface area contributed by atoms with Crippen LogP contribution in [0.25, 0.3) is 22.6 Å². The first-order chi connectivity index (χ1) is 14.1. The van der Waals surface area contributed by atoms with Crippen LogP contribution >= 0.6 is 0 Å². The lowest BCUT2D eigenvalue weighted by Gasteiger charge is -2.08.